The van der Waals surface area contributed by atoms with Crippen LogP contribution in [0, 0.1) is 17.0 Å². The molecule has 0 atom stereocenters. The molecule has 0 aliphatic carbocycles. The SMILES string of the molecule is Cc1ccc(O)c(N=Cc2cc([N+](=O)[O-])ccc2O)c1. The van der Waals surface area contributed by atoms with Gasteiger partial charge in [0.2, 0.25) is 0 Å². The van der Waals surface area contributed by atoms with Gasteiger partial charge in [-0.15, -0.1) is 0 Å². The van der Waals surface area contributed by atoms with Gasteiger partial charge >= 0.3 is 0 Å². The minimum atomic E-state index is -0.555. The maximum atomic E-state index is 10.7. The number of hydrogen-bond donors (Lipinski definition) is 2. The van der Waals surface area contributed by atoms with Gasteiger partial charge in [-0.2, -0.15) is 0 Å². The second-order valence-corrected chi connectivity index (χ2v) is 4.25. The monoisotopic (exact) mass is 272 g/mol. The Morgan fingerprint density at radius 2 is 1.85 bits per heavy atom. The molecule has 0 bridgehead atoms. The van der Waals surface area contributed by atoms with Crippen LogP contribution in [0.3, 0.4) is 0 Å². The molecule has 0 amide bonds. The van der Waals surface area contributed by atoms with Gasteiger partial charge < -0.3 is 10.2 Å². The van der Waals surface area contributed by atoms with Gasteiger partial charge in [0.05, 0.1) is 4.92 Å². The quantitative estimate of drug-likeness (QED) is 0.510. The van der Waals surface area contributed by atoms with Crippen molar-refractivity contribution in [3.05, 3.63) is 57.6 Å². The maximum absolute atomic E-state index is 10.7. The first-order valence-corrected chi connectivity index (χ1v) is 5.78. The van der Waals surface area contributed by atoms with Crippen LogP contribution in [-0.2, 0) is 0 Å². The number of aliphatic imine (C=N–C) groups is 1. The lowest BCUT2D eigenvalue weighted by molar-refractivity contribution is -0.384. The van der Waals surface area contributed by atoms with E-state index in [0.29, 0.717) is 5.69 Å². The van der Waals surface area contributed by atoms with Crippen LogP contribution in [0.2, 0.25) is 0 Å². The summed E-state index contributed by atoms with van der Waals surface area (Å²) in [5.74, 6) is -0.122. The van der Waals surface area contributed by atoms with Crippen molar-refractivity contribution in [1.29, 1.82) is 0 Å². The van der Waals surface area contributed by atoms with Gasteiger partial charge in [0, 0.05) is 23.9 Å². The molecular weight excluding hydrogens is 260 g/mol. The van der Waals surface area contributed by atoms with Crippen molar-refractivity contribution < 1.29 is 15.1 Å². The summed E-state index contributed by atoms with van der Waals surface area (Å²) >= 11 is 0. The Kier molecular flexibility index (Phi) is 3.65. The number of phenolic OH excluding ortho intramolecular Hbond substituents is 2. The van der Waals surface area contributed by atoms with Crippen molar-refractivity contribution in [3.8, 4) is 11.5 Å². The van der Waals surface area contributed by atoms with E-state index in [-0.39, 0.29) is 22.7 Å². The lowest BCUT2D eigenvalue weighted by atomic mass is 10.2. The lowest BCUT2D eigenvalue weighted by Crippen LogP contribution is -1.90. The molecule has 0 unspecified atom stereocenters. The van der Waals surface area contributed by atoms with Crippen molar-refractivity contribution in [2.75, 3.05) is 0 Å². The molecule has 0 fully saturated rings. The first-order chi connectivity index (χ1) is 9.47. The molecule has 0 radical (unpaired) electrons. The molecule has 0 heterocycles. The van der Waals surface area contributed by atoms with Crippen molar-refractivity contribution in [3.63, 3.8) is 0 Å². The van der Waals surface area contributed by atoms with Crippen molar-refractivity contribution in [1.82, 2.24) is 0 Å². The highest BCUT2D eigenvalue weighted by Crippen LogP contribution is 2.28. The number of nitro groups is 1. The van der Waals surface area contributed by atoms with Crippen molar-refractivity contribution >= 4 is 17.6 Å². The molecule has 0 aromatic heterocycles. The van der Waals surface area contributed by atoms with Crippen LogP contribution in [0.1, 0.15) is 11.1 Å². The van der Waals surface area contributed by atoms with Gasteiger partial charge in [0.1, 0.15) is 17.2 Å². The Morgan fingerprint density at radius 3 is 2.55 bits per heavy atom. The maximum Gasteiger partial charge on any atom is 0.270 e. The van der Waals surface area contributed by atoms with E-state index in [0.717, 1.165) is 5.56 Å². The van der Waals surface area contributed by atoms with Crippen molar-refractivity contribution in [2.24, 2.45) is 4.99 Å². The average molecular weight is 272 g/mol. The summed E-state index contributed by atoms with van der Waals surface area (Å²) in [4.78, 5) is 14.2. The second kappa shape index (κ2) is 5.40. The number of rotatable bonds is 3. The van der Waals surface area contributed by atoms with Gasteiger partial charge in [-0.25, -0.2) is 0 Å². The predicted octanol–water partition coefficient (Wildman–Crippen LogP) is 3.07. The third-order valence-corrected chi connectivity index (χ3v) is 2.70. The van der Waals surface area contributed by atoms with Crippen LogP contribution in [-0.4, -0.2) is 21.4 Å². The molecule has 0 aliphatic heterocycles. The van der Waals surface area contributed by atoms with Gasteiger partial charge in [0.15, 0.2) is 0 Å². The van der Waals surface area contributed by atoms with E-state index >= 15 is 0 Å². The molecule has 0 saturated heterocycles. The first-order valence-electron chi connectivity index (χ1n) is 5.78. The number of aromatic hydroxyl groups is 2. The second-order valence-electron chi connectivity index (χ2n) is 4.25. The summed E-state index contributed by atoms with van der Waals surface area (Å²) in [6.07, 6.45) is 1.27. The summed E-state index contributed by atoms with van der Waals surface area (Å²) in [5.41, 5.74) is 1.31. The molecule has 2 aromatic carbocycles. The van der Waals surface area contributed by atoms with Crippen LogP contribution >= 0.6 is 0 Å². The van der Waals surface area contributed by atoms with Gasteiger partial charge in [-0.05, 0) is 30.7 Å². The molecule has 2 N–H and O–H groups in total. The molecule has 0 aliphatic rings. The molecule has 6 nitrogen and oxygen atoms in total. The Bertz CT molecular complexity index is 696. The number of nitro benzene ring substituents is 1. The summed E-state index contributed by atoms with van der Waals surface area (Å²) in [7, 11) is 0. The summed E-state index contributed by atoms with van der Waals surface area (Å²) in [6.45, 7) is 1.85. The van der Waals surface area contributed by atoms with Gasteiger partial charge in [-0.1, -0.05) is 6.07 Å². The highest BCUT2D eigenvalue weighted by atomic mass is 16.6. The Labute approximate surface area is 114 Å². The fraction of sp³-hybridized carbons (Fsp3) is 0.0714. The summed E-state index contributed by atoms with van der Waals surface area (Å²) < 4.78 is 0. The topological polar surface area (TPSA) is 96.0 Å². The average Bonchev–Trinajstić information content (AvgIpc) is 2.41. The first kappa shape index (κ1) is 13.5. The number of aryl methyl sites for hydroxylation is 1. The van der Waals surface area contributed by atoms with E-state index in [1.807, 2.05) is 6.92 Å². The summed E-state index contributed by atoms with van der Waals surface area (Å²) in [5, 5.41) is 30.0. The highest BCUT2D eigenvalue weighted by molar-refractivity contribution is 5.86. The highest BCUT2D eigenvalue weighted by Gasteiger charge is 2.09. The number of hydrogen-bond acceptors (Lipinski definition) is 5. The van der Waals surface area contributed by atoms with E-state index in [1.54, 1.807) is 12.1 Å². The Balaban J connectivity index is 2.38. The molecule has 0 saturated carbocycles. The van der Waals surface area contributed by atoms with E-state index in [9.17, 15) is 20.3 Å². The number of phenols is 2. The fourth-order valence-corrected chi connectivity index (χ4v) is 1.63. The minimum Gasteiger partial charge on any atom is -0.507 e. The molecule has 6 heteroatoms. The van der Waals surface area contributed by atoms with E-state index in [2.05, 4.69) is 4.99 Å². The van der Waals surface area contributed by atoms with Crippen LogP contribution < -0.4 is 0 Å². The normalized spacial score (nSPS) is 10.8. The number of non-ortho nitro benzene ring substituents is 1. The fourth-order valence-electron chi connectivity index (χ4n) is 1.63. The Morgan fingerprint density at radius 1 is 1.15 bits per heavy atom. The minimum absolute atomic E-state index is 0.00299. The van der Waals surface area contributed by atoms with Crippen LogP contribution in [0.5, 0.6) is 11.5 Å². The zero-order valence-electron chi connectivity index (χ0n) is 10.6. The predicted molar refractivity (Wildman–Crippen MR) is 74.9 cm³/mol. The lowest BCUT2D eigenvalue weighted by Gasteiger charge is -2.01. The smallest absolute Gasteiger partial charge is 0.270 e. The molecule has 20 heavy (non-hydrogen) atoms. The van der Waals surface area contributed by atoms with Crippen LogP contribution in [0.15, 0.2) is 41.4 Å². The zero-order chi connectivity index (χ0) is 14.7. The molecule has 2 rings (SSSR count). The van der Waals surface area contributed by atoms with E-state index < -0.39 is 4.92 Å². The third kappa shape index (κ3) is 2.92. The molecular formula is C14H12N2O4. The number of benzene rings is 2. The largest absolute Gasteiger partial charge is 0.507 e. The van der Waals surface area contributed by atoms with Crippen LogP contribution in [0.25, 0.3) is 0 Å². The standard InChI is InChI=1S/C14H12N2O4/c1-9-2-4-14(18)12(6-9)15-8-10-7-11(16(19)20)3-5-13(10)17/h2-8,17-18H,1H3. The van der Waals surface area contributed by atoms with Crippen LogP contribution in [0.4, 0.5) is 11.4 Å². The molecule has 0 spiro atoms. The number of nitrogens with zero attached hydrogens (tertiary/aromatic N) is 2. The zero-order valence-corrected chi connectivity index (χ0v) is 10.6. The van der Waals surface area contributed by atoms with Gasteiger partial charge in [-0.3, -0.25) is 15.1 Å². The van der Waals surface area contributed by atoms with Gasteiger partial charge in [0.25, 0.3) is 5.69 Å². The molecule has 2 aromatic rings. The molecule has 102 valence electrons. The van der Waals surface area contributed by atoms with E-state index in [4.69, 9.17) is 0 Å². The van der Waals surface area contributed by atoms with E-state index in [1.165, 1.54) is 30.5 Å². The Hall–Kier alpha value is -2.89. The summed E-state index contributed by atoms with van der Waals surface area (Å²) in [6, 6.07) is 8.56. The third-order valence-electron chi connectivity index (χ3n) is 2.70. The van der Waals surface area contributed by atoms with Crippen molar-refractivity contribution in [2.45, 2.75) is 6.92 Å².